The standard InChI is InChI=1S/C16H25F2NO/c1-4-6-7-8-9-15(19-5-2)16-13(17)10-12(20-3)11-14(16)18/h10-11,15,19H,4-9H2,1-3H3. The van der Waals surface area contributed by atoms with Crippen LogP contribution in [0.3, 0.4) is 0 Å². The molecule has 0 bridgehead atoms. The maximum Gasteiger partial charge on any atom is 0.134 e. The van der Waals surface area contributed by atoms with E-state index >= 15 is 0 Å². The van der Waals surface area contributed by atoms with Crippen LogP contribution in [0.5, 0.6) is 5.75 Å². The first-order valence-electron chi connectivity index (χ1n) is 7.40. The number of methoxy groups -OCH3 is 1. The second-order valence-electron chi connectivity index (χ2n) is 4.96. The molecule has 0 aliphatic heterocycles. The van der Waals surface area contributed by atoms with Crippen molar-refractivity contribution in [2.75, 3.05) is 13.7 Å². The number of unbranched alkanes of at least 4 members (excludes halogenated alkanes) is 3. The summed E-state index contributed by atoms with van der Waals surface area (Å²) < 4.78 is 33.1. The Bertz CT molecular complexity index is 386. The molecule has 0 aromatic heterocycles. The van der Waals surface area contributed by atoms with Gasteiger partial charge in [-0.2, -0.15) is 0 Å². The molecule has 4 heteroatoms. The molecule has 0 heterocycles. The summed E-state index contributed by atoms with van der Waals surface area (Å²) in [5, 5.41) is 3.17. The Labute approximate surface area is 120 Å². The number of nitrogens with one attached hydrogen (secondary N) is 1. The molecule has 0 fully saturated rings. The number of hydrogen-bond donors (Lipinski definition) is 1. The van der Waals surface area contributed by atoms with Gasteiger partial charge in [-0.05, 0) is 13.0 Å². The lowest BCUT2D eigenvalue weighted by Gasteiger charge is -2.20. The van der Waals surface area contributed by atoms with Gasteiger partial charge in [0.15, 0.2) is 0 Å². The van der Waals surface area contributed by atoms with E-state index < -0.39 is 11.6 Å². The molecule has 1 atom stereocenters. The van der Waals surface area contributed by atoms with Gasteiger partial charge in [-0.1, -0.05) is 39.5 Å². The fourth-order valence-electron chi connectivity index (χ4n) is 2.38. The first-order valence-corrected chi connectivity index (χ1v) is 7.40. The molecule has 0 aliphatic rings. The van der Waals surface area contributed by atoms with Gasteiger partial charge < -0.3 is 10.1 Å². The number of hydrogen-bond acceptors (Lipinski definition) is 2. The van der Waals surface area contributed by atoms with Crippen molar-refractivity contribution in [1.29, 1.82) is 0 Å². The van der Waals surface area contributed by atoms with E-state index in [1.807, 2.05) is 6.92 Å². The van der Waals surface area contributed by atoms with E-state index in [0.717, 1.165) is 32.1 Å². The maximum absolute atomic E-state index is 14.1. The monoisotopic (exact) mass is 285 g/mol. The van der Waals surface area contributed by atoms with Crippen molar-refractivity contribution in [2.45, 2.75) is 52.0 Å². The molecule has 1 rings (SSSR count). The van der Waals surface area contributed by atoms with E-state index in [4.69, 9.17) is 4.74 Å². The average Bonchev–Trinajstić information content (AvgIpc) is 2.42. The van der Waals surface area contributed by atoms with Crippen LogP contribution in [0.25, 0.3) is 0 Å². The Morgan fingerprint density at radius 1 is 1.10 bits per heavy atom. The highest BCUT2D eigenvalue weighted by Gasteiger charge is 2.20. The Morgan fingerprint density at radius 3 is 2.25 bits per heavy atom. The first kappa shape index (κ1) is 16.9. The van der Waals surface area contributed by atoms with Crippen LogP contribution in [0.4, 0.5) is 8.78 Å². The zero-order valence-electron chi connectivity index (χ0n) is 12.6. The summed E-state index contributed by atoms with van der Waals surface area (Å²) in [5.74, 6) is -0.864. The summed E-state index contributed by atoms with van der Waals surface area (Å²) in [5.41, 5.74) is 0.129. The summed E-state index contributed by atoms with van der Waals surface area (Å²) in [4.78, 5) is 0. The predicted molar refractivity (Wildman–Crippen MR) is 78.1 cm³/mol. The lowest BCUT2D eigenvalue weighted by atomic mass is 9.98. The largest absolute Gasteiger partial charge is 0.497 e. The van der Waals surface area contributed by atoms with Gasteiger partial charge in [-0.25, -0.2) is 8.78 Å². The molecular formula is C16H25F2NO. The molecule has 1 unspecified atom stereocenters. The molecule has 0 saturated carbocycles. The summed E-state index contributed by atoms with van der Waals surface area (Å²) >= 11 is 0. The Morgan fingerprint density at radius 2 is 1.75 bits per heavy atom. The van der Waals surface area contributed by atoms with Gasteiger partial charge in [0.05, 0.1) is 7.11 Å². The van der Waals surface area contributed by atoms with Gasteiger partial charge >= 0.3 is 0 Å². The fraction of sp³-hybridized carbons (Fsp3) is 0.625. The minimum Gasteiger partial charge on any atom is -0.497 e. The Hall–Kier alpha value is -1.16. The molecule has 1 aromatic carbocycles. The van der Waals surface area contributed by atoms with Crippen molar-refractivity contribution in [3.63, 3.8) is 0 Å². The van der Waals surface area contributed by atoms with E-state index in [-0.39, 0.29) is 17.4 Å². The highest BCUT2D eigenvalue weighted by molar-refractivity contribution is 5.32. The highest BCUT2D eigenvalue weighted by atomic mass is 19.1. The van der Waals surface area contributed by atoms with Crippen LogP contribution < -0.4 is 10.1 Å². The van der Waals surface area contributed by atoms with Gasteiger partial charge in [0.2, 0.25) is 0 Å². The molecule has 0 radical (unpaired) electrons. The lowest BCUT2D eigenvalue weighted by molar-refractivity contribution is 0.396. The highest BCUT2D eigenvalue weighted by Crippen LogP contribution is 2.28. The van der Waals surface area contributed by atoms with Crippen LogP contribution in [-0.2, 0) is 0 Å². The van der Waals surface area contributed by atoms with E-state index in [2.05, 4.69) is 12.2 Å². The SMILES string of the molecule is CCCCCCC(NCC)c1c(F)cc(OC)cc1F. The van der Waals surface area contributed by atoms with E-state index in [9.17, 15) is 8.78 Å². The predicted octanol–water partition coefficient (Wildman–Crippen LogP) is 4.59. The van der Waals surface area contributed by atoms with Crippen molar-refractivity contribution in [3.8, 4) is 5.75 Å². The molecule has 20 heavy (non-hydrogen) atoms. The van der Waals surface area contributed by atoms with Crippen molar-refractivity contribution in [1.82, 2.24) is 5.32 Å². The summed E-state index contributed by atoms with van der Waals surface area (Å²) in [7, 11) is 1.40. The quantitative estimate of drug-likeness (QED) is 0.670. The zero-order chi connectivity index (χ0) is 15.0. The van der Waals surface area contributed by atoms with Crippen LogP contribution in [0.2, 0.25) is 0 Å². The summed E-state index contributed by atoms with van der Waals surface area (Å²) in [6, 6.07) is 2.21. The van der Waals surface area contributed by atoms with E-state index in [1.165, 1.54) is 19.2 Å². The van der Waals surface area contributed by atoms with E-state index in [0.29, 0.717) is 6.54 Å². The van der Waals surface area contributed by atoms with Crippen molar-refractivity contribution in [3.05, 3.63) is 29.3 Å². The van der Waals surface area contributed by atoms with Crippen LogP contribution in [-0.4, -0.2) is 13.7 Å². The minimum atomic E-state index is -0.539. The summed E-state index contributed by atoms with van der Waals surface area (Å²) in [6.07, 6.45) is 5.12. The van der Waals surface area contributed by atoms with Gasteiger partial charge in [-0.15, -0.1) is 0 Å². The smallest absolute Gasteiger partial charge is 0.134 e. The second-order valence-corrected chi connectivity index (χ2v) is 4.96. The van der Waals surface area contributed by atoms with Crippen molar-refractivity contribution in [2.24, 2.45) is 0 Å². The Kier molecular flexibility index (Phi) is 7.52. The second kappa shape index (κ2) is 8.90. The number of ether oxygens (including phenoxy) is 1. The third kappa shape index (κ3) is 4.75. The minimum absolute atomic E-state index is 0.129. The molecule has 0 saturated heterocycles. The maximum atomic E-state index is 14.1. The lowest BCUT2D eigenvalue weighted by Crippen LogP contribution is -2.23. The third-order valence-corrected chi connectivity index (χ3v) is 3.43. The number of benzene rings is 1. The van der Waals surface area contributed by atoms with E-state index in [1.54, 1.807) is 0 Å². The summed E-state index contributed by atoms with van der Waals surface area (Å²) in [6.45, 7) is 4.77. The fourth-order valence-corrected chi connectivity index (χ4v) is 2.38. The molecule has 1 aromatic rings. The van der Waals surface area contributed by atoms with Gasteiger partial charge in [0.1, 0.15) is 17.4 Å². The van der Waals surface area contributed by atoms with Gasteiger partial charge in [0.25, 0.3) is 0 Å². The average molecular weight is 285 g/mol. The molecule has 0 amide bonds. The molecule has 0 aliphatic carbocycles. The number of halogens is 2. The normalized spacial score (nSPS) is 12.4. The molecule has 0 spiro atoms. The topological polar surface area (TPSA) is 21.3 Å². The number of rotatable bonds is 9. The Balaban J connectivity index is 2.85. The molecule has 114 valence electrons. The van der Waals surface area contributed by atoms with Crippen LogP contribution in [0.1, 0.15) is 57.6 Å². The van der Waals surface area contributed by atoms with Crippen molar-refractivity contribution >= 4 is 0 Å². The van der Waals surface area contributed by atoms with Gasteiger partial charge in [0, 0.05) is 23.7 Å². The van der Waals surface area contributed by atoms with Gasteiger partial charge in [-0.3, -0.25) is 0 Å². The first-order chi connectivity index (χ1) is 9.63. The van der Waals surface area contributed by atoms with Crippen LogP contribution in [0.15, 0.2) is 12.1 Å². The third-order valence-electron chi connectivity index (χ3n) is 3.43. The van der Waals surface area contributed by atoms with Crippen LogP contribution >= 0.6 is 0 Å². The molecule has 1 N–H and O–H groups in total. The zero-order valence-corrected chi connectivity index (χ0v) is 12.6. The van der Waals surface area contributed by atoms with Crippen molar-refractivity contribution < 1.29 is 13.5 Å². The molecular weight excluding hydrogens is 260 g/mol. The van der Waals surface area contributed by atoms with Crippen LogP contribution in [0, 0.1) is 11.6 Å². The molecule has 2 nitrogen and oxygen atoms in total.